The Morgan fingerprint density at radius 3 is 1.95 bits per heavy atom. The molecule has 22 heavy (non-hydrogen) atoms. The number of hydrogen-bond donors (Lipinski definition) is 1. The third kappa shape index (κ3) is 5.40. The quantitative estimate of drug-likeness (QED) is 0.417. The first kappa shape index (κ1) is 16.9. The summed E-state index contributed by atoms with van der Waals surface area (Å²) in [5.74, 6) is 0. The molecule has 1 nitrogen and oxygen atoms in total. The second kappa shape index (κ2) is 9.56. The lowest BCUT2D eigenvalue weighted by Gasteiger charge is -2.22. The van der Waals surface area contributed by atoms with E-state index in [-0.39, 0.29) is 6.10 Å². The SMILES string of the molecule is C=CCCCCC(O)CP(c1ccccc1)c1ccccc1. The highest BCUT2D eigenvalue weighted by Gasteiger charge is 2.17. The van der Waals surface area contributed by atoms with Crippen LogP contribution in [0.3, 0.4) is 0 Å². The van der Waals surface area contributed by atoms with Gasteiger partial charge < -0.3 is 5.11 Å². The molecule has 0 spiro atoms. The van der Waals surface area contributed by atoms with Crippen LogP contribution >= 0.6 is 7.92 Å². The third-order valence-corrected chi connectivity index (χ3v) is 6.35. The van der Waals surface area contributed by atoms with Gasteiger partial charge in [0.05, 0.1) is 6.10 Å². The van der Waals surface area contributed by atoms with Crippen LogP contribution < -0.4 is 10.6 Å². The van der Waals surface area contributed by atoms with Crippen molar-refractivity contribution in [1.29, 1.82) is 0 Å². The van der Waals surface area contributed by atoms with E-state index in [1.54, 1.807) is 0 Å². The van der Waals surface area contributed by atoms with Crippen LogP contribution in [0.25, 0.3) is 0 Å². The van der Waals surface area contributed by atoms with Crippen molar-refractivity contribution in [3.05, 3.63) is 73.3 Å². The first-order valence-corrected chi connectivity index (χ1v) is 9.50. The second-order valence-corrected chi connectivity index (χ2v) is 7.76. The minimum Gasteiger partial charge on any atom is -0.393 e. The van der Waals surface area contributed by atoms with E-state index in [9.17, 15) is 5.11 Å². The van der Waals surface area contributed by atoms with Gasteiger partial charge in [0.2, 0.25) is 0 Å². The zero-order chi connectivity index (χ0) is 15.6. The molecule has 0 saturated heterocycles. The smallest absolute Gasteiger partial charge is 0.0585 e. The van der Waals surface area contributed by atoms with E-state index in [2.05, 4.69) is 55.1 Å². The summed E-state index contributed by atoms with van der Waals surface area (Å²) in [4.78, 5) is 0. The lowest BCUT2D eigenvalue weighted by molar-refractivity contribution is 0.184. The molecule has 0 bridgehead atoms. The fourth-order valence-electron chi connectivity index (χ4n) is 2.55. The van der Waals surface area contributed by atoms with Gasteiger partial charge in [-0.3, -0.25) is 0 Å². The summed E-state index contributed by atoms with van der Waals surface area (Å²) in [7, 11) is -0.485. The average Bonchev–Trinajstić information content (AvgIpc) is 2.58. The van der Waals surface area contributed by atoms with E-state index < -0.39 is 7.92 Å². The van der Waals surface area contributed by atoms with Gasteiger partial charge in [-0.1, -0.05) is 73.2 Å². The van der Waals surface area contributed by atoms with Crippen LogP contribution in [-0.2, 0) is 0 Å². The van der Waals surface area contributed by atoms with Gasteiger partial charge in [0.15, 0.2) is 0 Å². The number of benzene rings is 2. The van der Waals surface area contributed by atoms with Crippen molar-refractivity contribution < 1.29 is 5.11 Å². The molecule has 0 aliphatic rings. The first-order chi connectivity index (χ1) is 10.8. The zero-order valence-corrected chi connectivity index (χ0v) is 14.0. The molecule has 0 aliphatic heterocycles. The van der Waals surface area contributed by atoms with Crippen molar-refractivity contribution in [3.63, 3.8) is 0 Å². The standard InChI is InChI=1S/C20H25OP/c1-2-3-4-7-12-18(21)17-22(19-13-8-5-9-14-19)20-15-10-6-11-16-20/h2,5-6,8-11,13-16,18,21H,1,3-4,7,12,17H2. The maximum atomic E-state index is 10.4. The molecule has 0 aromatic heterocycles. The van der Waals surface area contributed by atoms with E-state index in [1.807, 2.05) is 18.2 Å². The van der Waals surface area contributed by atoms with Gasteiger partial charge in [0.25, 0.3) is 0 Å². The van der Waals surface area contributed by atoms with Gasteiger partial charge >= 0.3 is 0 Å². The largest absolute Gasteiger partial charge is 0.393 e. The minimum atomic E-state index is -0.485. The maximum Gasteiger partial charge on any atom is 0.0585 e. The molecule has 1 unspecified atom stereocenters. The van der Waals surface area contributed by atoms with Gasteiger partial charge in [-0.2, -0.15) is 0 Å². The summed E-state index contributed by atoms with van der Waals surface area (Å²) in [6.45, 7) is 3.75. The number of hydrogen-bond acceptors (Lipinski definition) is 1. The monoisotopic (exact) mass is 312 g/mol. The molecule has 116 valence electrons. The molecule has 0 radical (unpaired) electrons. The van der Waals surface area contributed by atoms with Gasteiger partial charge in [-0.15, -0.1) is 6.58 Å². The molecular weight excluding hydrogens is 287 g/mol. The van der Waals surface area contributed by atoms with Crippen LogP contribution in [-0.4, -0.2) is 17.4 Å². The lowest BCUT2D eigenvalue weighted by Crippen LogP contribution is -2.21. The molecule has 1 N–H and O–H groups in total. The molecule has 2 heteroatoms. The van der Waals surface area contributed by atoms with E-state index in [1.165, 1.54) is 10.6 Å². The highest BCUT2D eigenvalue weighted by molar-refractivity contribution is 7.73. The Morgan fingerprint density at radius 1 is 0.909 bits per heavy atom. The van der Waals surface area contributed by atoms with Gasteiger partial charge in [-0.05, 0) is 37.8 Å². The average molecular weight is 312 g/mol. The van der Waals surface area contributed by atoms with Crippen molar-refractivity contribution in [2.45, 2.75) is 31.8 Å². The van der Waals surface area contributed by atoms with Crippen LogP contribution in [0.2, 0.25) is 0 Å². The van der Waals surface area contributed by atoms with E-state index in [0.29, 0.717) is 0 Å². The minimum absolute atomic E-state index is 0.226. The van der Waals surface area contributed by atoms with Gasteiger partial charge in [0, 0.05) is 6.16 Å². The fraction of sp³-hybridized carbons (Fsp3) is 0.300. The van der Waals surface area contributed by atoms with Crippen molar-refractivity contribution in [3.8, 4) is 0 Å². The lowest BCUT2D eigenvalue weighted by atomic mass is 10.1. The Balaban J connectivity index is 2.04. The number of allylic oxidation sites excluding steroid dienone is 1. The van der Waals surface area contributed by atoms with Crippen LogP contribution in [0.15, 0.2) is 73.3 Å². The highest BCUT2D eigenvalue weighted by atomic mass is 31.1. The molecule has 0 saturated carbocycles. The third-order valence-electron chi connectivity index (χ3n) is 3.72. The Bertz CT molecular complexity index is 499. The Hall–Kier alpha value is -1.43. The van der Waals surface area contributed by atoms with Crippen molar-refractivity contribution in [2.24, 2.45) is 0 Å². The summed E-state index contributed by atoms with van der Waals surface area (Å²) in [6.07, 6.45) is 6.68. The summed E-state index contributed by atoms with van der Waals surface area (Å²) < 4.78 is 0. The molecule has 0 heterocycles. The number of aliphatic hydroxyl groups excluding tert-OH is 1. The molecule has 0 aliphatic carbocycles. The van der Waals surface area contributed by atoms with Crippen LogP contribution in [0, 0.1) is 0 Å². The fourth-order valence-corrected chi connectivity index (χ4v) is 4.93. The zero-order valence-electron chi connectivity index (χ0n) is 13.1. The predicted molar refractivity (Wildman–Crippen MR) is 98.6 cm³/mol. The predicted octanol–water partition coefficient (Wildman–Crippen LogP) is 4.23. The molecule has 2 aromatic rings. The molecule has 0 fully saturated rings. The van der Waals surface area contributed by atoms with E-state index in [4.69, 9.17) is 0 Å². The van der Waals surface area contributed by atoms with Crippen LogP contribution in [0.1, 0.15) is 25.7 Å². The molecular formula is C20H25OP. The molecule has 0 amide bonds. The Kier molecular flexibility index (Phi) is 7.36. The van der Waals surface area contributed by atoms with Gasteiger partial charge in [-0.25, -0.2) is 0 Å². The van der Waals surface area contributed by atoms with Crippen molar-refractivity contribution in [2.75, 3.05) is 6.16 Å². The highest BCUT2D eigenvalue weighted by Crippen LogP contribution is 2.34. The normalized spacial score (nSPS) is 12.3. The molecule has 2 rings (SSSR count). The Labute approximate surface area is 135 Å². The number of rotatable bonds is 9. The summed E-state index contributed by atoms with van der Waals surface area (Å²) in [5.41, 5.74) is 0. The Morgan fingerprint density at radius 2 is 1.45 bits per heavy atom. The number of unbranched alkanes of at least 4 members (excludes halogenated alkanes) is 2. The first-order valence-electron chi connectivity index (χ1n) is 7.98. The van der Waals surface area contributed by atoms with Gasteiger partial charge in [0.1, 0.15) is 0 Å². The molecule has 1 atom stereocenters. The number of aliphatic hydroxyl groups is 1. The summed E-state index contributed by atoms with van der Waals surface area (Å²) in [6, 6.07) is 21.2. The van der Waals surface area contributed by atoms with Crippen molar-refractivity contribution >= 4 is 18.5 Å². The maximum absolute atomic E-state index is 10.4. The summed E-state index contributed by atoms with van der Waals surface area (Å²) >= 11 is 0. The molecule has 2 aromatic carbocycles. The van der Waals surface area contributed by atoms with E-state index in [0.717, 1.165) is 31.8 Å². The van der Waals surface area contributed by atoms with Crippen LogP contribution in [0.4, 0.5) is 0 Å². The van der Waals surface area contributed by atoms with E-state index >= 15 is 0 Å². The van der Waals surface area contributed by atoms with Crippen LogP contribution in [0.5, 0.6) is 0 Å². The van der Waals surface area contributed by atoms with Crippen molar-refractivity contribution in [1.82, 2.24) is 0 Å². The topological polar surface area (TPSA) is 20.2 Å². The summed E-state index contributed by atoms with van der Waals surface area (Å²) in [5, 5.41) is 13.1. The second-order valence-electron chi connectivity index (χ2n) is 5.51.